The van der Waals surface area contributed by atoms with Gasteiger partial charge in [-0.1, -0.05) is 41.5 Å². The van der Waals surface area contributed by atoms with Crippen LogP contribution in [0.5, 0.6) is 0 Å². The van der Waals surface area contributed by atoms with Crippen LogP contribution in [-0.4, -0.2) is 10.3 Å². The molecule has 0 unspecified atom stereocenters. The van der Waals surface area contributed by atoms with E-state index in [0.717, 1.165) is 8.58 Å². The number of hydrogen-bond acceptors (Lipinski definition) is 0. The van der Waals surface area contributed by atoms with Crippen LogP contribution in [-0.2, 0) is 20.4 Å². The van der Waals surface area contributed by atoms with Gasteiger partial charge in [0, 0.05) is 0 Å². The van der Waals surface area contributed by atoms with Crippen molar-refractivity contribution < 1.29 is 45.2 Å². The van der Waals surface area contributed by atoms with Crippen LogP contribution in [0.1, 0.15) is 41.5 Å². The second kappa shape index (κ2) is 8.02. The molecule has 0 rings (SSSR count). The number of hydrogen-bond donors (Lipinski definition) is 0. The van der Waals surface area contributed by atoms with E-state index in [2.05, 4.69) is 41.5 Å². The molecule has 0 saturated heterocycles. The van der Waals surface area contributed by atoms with Crippen LogP contribution in [0, 0.1) is 0 Å². The third kappa shape index (κ3) is 22.6. The molecule has 0 aliphatic carbocycles. The van der Waals surface area contributed by atoms with Crippen LogP contribution >= 0.6 is 8.58 Å². The Bertz CT molecular complexity index is 82.2. The summed E-state index contributed by atoms with van der Waals surface area (Å²) in [5.74, 6) is 0. The standard InChI is InChI=1S/C8H19P.2ClH.Pd/c1-7(2,3)9-8(4,5)6;;;/h9H,1-6H3;2*1H;/q;;;+2/p-2. The zero-order valence-electron chi connectivity index (χ0n) is 8.57. The van der Waals surface area contributed by atoms with Gasteiger partial charge in [-0.15, -0.1) is 8.58 Å². The van der Waals surface area contributed by atoms with E-state index in [0.29, 0.717) is 10.3 Å². The van der Waals surface area contributed by atoms with E-state index in [9.17, 15) is 0 Å². The zero-order chi connectivity index (χ0) is 7.71. The van der Waals surface area contributed by atoms with Gasteiger partial charge in [-0.3, -0.25) is 0 Å². The average Bonchev–Trinajstić information content (AvgIpc) is 1.14. The quantitative estimate of drug-likeness (QED) is 0.335. The van der Waals surface area contributed by atoms with Crippen molar-refractivity contribution >= 4 is 8.58 Å². The fraction of sp³-hybridized carbons (Fsp3) is 1.00. The zero-order valence-corrected chi connectivity index (χ0v) is 12.6. The summed E-state index contributed by atoms with van der Waals surface area (Å²) in [6, 6.07) is 0. The molecule has 0 atom stereocenters. The smallest absolute Gasteiger partial charge is 1.00 e. The third-order valence-corrected chi connectivity index (χ3v) is 2.25. The molecule has 0 radical (unpaired) electrons. The molecule has 0 amide bonds. The Morgan fingerprint density at radius 2 is 0.833 bits per heavy atom. The molecule has 0 aromatic carbocycles. The minimum Gasteiger partial charge on any atom is -1.00 e. The Hall–Kier alpha value is 1.67. The second-order valence-electron chi connectivity index (χ2n) is 4.62. The van der Waals surface area contributed by atoms with Crippen molar-refractivity contribution in [1.29, 1.82) is 0 Å². The number of rotatable bonds is 0. The predicted octanol–water partition coefficient (Wildman–Crippen LogP) is -2.73. The van der Waals surface area contributed by atoms with Gasteiger partial charge in [-0.25, -0.2) is 0 Å². The Labute approximate surface area is 105 Å². The van der Waals surface area contributed by atoms with Crippen LogP contribution in [0.4, 0.5) is 0 Å². The van der Waals surface area contributed by atoms with Crippen molar-refractivity contribution in [2.24, 2.45) is 0 Å². The van der Waals surface area contributed by atoms with Crippen molar-refractivity contribution in [3.05, 3.63) is 0 Å². The molecule has 0 nitrogen and oxygen atoms in total. The van der Waals surface area contributed by atoms with Crippen LogP contribution in [0.2, 0.25) is 0 Å². The molecule has 0 heterocycles. The topological polar surface area (TPSA) is 0 Å². The minimum atomic E-state index is 0. The van der Waals surface area contributed by atoms with Crippen LogP contribution in [0.25, 0.3) is 0 Å². The maximum atomic E-state index is 2.30. The summed E-state index contributed by atoms with van der Waals surface area (Å²) in [5.41, 5.74) is 0. The second-order valence-corrected chi connectivity index (χ2v) is 7.88. The van der Waals surface area contributed by atoms with E-state index in [-0.39, 0.29) is 45.2 Å². The van der Waals surface area contributed by atoms with E-state index in [1.807, 2.05) is 0 Å². The van der Waals surface area contributed by atoms with E-state index >= 15 is 0 Å². The van der Waals surface area contributed by atoms with Crippen molar-refractivity contribution in [2.75, 3.05) is 0 Å². The first kappa shape index (κ1) is 23.5. The molecule has 0 spiro atoms. The van der Waals surface area contributed by atoms with Crippen molar-refractivity contribution in [1.82, 2.24) is 0 Å². The van der Waals surface area contributed by atoms with Gasteiger partial charge in [0.2, 0.25) is 0 Å². The molecule has 0 aliphatic heterocycles. The summed E-state index contributed by atoms with van der Waals surface area (Å²) >= 11 is 0. The van der Waals surface area contributed by atoms with Gasteiger partial charge < -0.3 is 24.8 Å². The molecule has 0 bridgehead atoms. The van der Waals surface area contributed by atoms with Crippen molar-refractivity contribution in [3.63, 3.8) is 0 Å². The first-order valence-corrected chi connectivity index (χ1v) is 4.50. The maximum Gasteiger partial charge on any atom is 2.00 e. The monoisotopic (exact) mass is 322 g/mol. The van der Waals surface area contributed by atoms with Gasteiger partial charge in [-0.05, 0) is 10.3 Å². The Morgan fingerprint density at radius 3 is 0.833 bits per heavy atom. The Balaban J connectivity index is -0.000000107. The molecule has 80 valence electrons. The first-order valence-electron chi connectivity index (χ1n) is 3.50. The molecule has 0 N–H and O–H groups in total. The minimum absolute atomic E-state index is 0. The largest absolute Gasteiger partial charge is 2.00 e. The fourth-order valence-corrected chi connectivity index (χ4v) is 3.38. The Morgan fingerprint density at radius 1 is 0.667 bits per heavy atom. The molecular formula is C8H19Cl2PPd. The normalized spacial score (nSPS) is 10.5. The summed E-state index contributed by atoms with van der Waals surface area (Å²) in [7, 11) is 1.05. The third-order valence-electron chi connectivity index (χ3n) is 0.750. The summed E-state index contributed by atoms with van der Waals surface area (Å²) in [5, 5.41) is 1.02. The molecule has 0 fully saturated rings. The van der Waals surface area contributed by atoms with E-state index in [1.165, 1.54) is 0 Å². The maximum absolute atomic E-state index is 2.30. The molecule has 0 aromatic rings. The molecule has 12 heavy (non-hydrogen) atoms. The van der Waals surface area contributed by atoms with Gasteiger partial charge in [-0.2, -0.15) is 0 Å². The van der Waals surface area contributed by atoms with Gasteiger partial charge in [0.25, 0.3) is 0 Å². The van der Waals surface area contributed by atoms with E-state index in [4.69, 9.17) is 0 Å². The molecular weight excluding hydrogens is 304 g/mol. The van der Waals surface area contributed by atoms with Crippen LogP contribution < -0.4 is 24.8 Å². The summed E-state index contributed by atoms with van der Waals surface area (Å²) in [6.45, 7) is 13.8. The summed E-state index contributed by atoms with van der Waals surface area (Å²) in [6.07, 6.45) is 0. The predicted molar refractivity (Wildman–Crippen MR) is 47.8 cm³/mol. The average molecular weight is 324 g/mol. The molecule has 0 saturated carbocycles. The summed E-state index contributed by atoms with van der Waals surface area (Å²) in [4.78, 5) is 0. The van der Waals surface area contributed by atoms with Gasteiger partial charge in [0.05, 0.1) is 0 Å². The van der Waals surface area contributed by atoms with E-state index < -0.39 is 0 Å². The number of halogens is 2. The van der Waals surface area contributed by atoms with Crippen LogP contribution in [0.3, 0.4) is 0 Å². The van der Waals surface area contributed by atoms with Gasteiger partial charge in [0.1, 0.15) is 0 Å². The van der Waals surface area contributed by atoms with Crippen molar-refractivity contribution in [2.45, 2.75) is 51.9 Å². The fourth-order valence-electron chi connectivity index (χ4n) is 1.12. The molecule has 0 aromatic heterocycles. The van der Waals surface area contributed by atoms with Crippen LogP contribution in [0.15, 0.2) is 0 Å². The Kier molecular flexibility index (Phi) is 15.7. The summed E-state index contributed by atoms with van der Waals surface area (Å²) < 4.78 is 0. The molecule has 4 heteroatoms. The molecule has 0 aliphatic rings. The first-order chi connectivity index (χ1) is 3.71. The van der Waals surface area contributed by atoms with Gasteiger partial charge in [0.15, 0.2) is 0 Å². The van der Waals surface area contributed by atoms with Gasteiger partial charge >= 0.3 is 20.4 Å². The SMILES string of the molecule is CC(C)(C)PC(C)(C)C.[Cl-].[Cl-].[Pd+2]. The van der Waals surface area contributed by atoms with Crippen molar-refractivity contribution in [3.8, 4) is 0 Å². The van der Waals surface area contributed by atoms with E-state index in [1.54, 1.807) is 0 Å².